The largest absolute Gasteiger partial charge is 0.497 e. The van der Waals surface area contributed by atoms with Crippen LogP contribution in [0.3, 0.4) is 0 Å². The summed E-state index contributed by atoms with van der Waals surface area (Å²) < 4.78 is 4.99. The van der Waals surface area contributed by atoms with Gasteiger partial charge in [0.05, 0.1) is 19.1 Å². The summed E-state index contributed by atoms with van der Waals surface area (Å²) >= 11 is 11.3. The van der Waals surface area contributed by atoms with Crippen LogP contribution in [0.5, 0.6) is 5.75 Å². The lowest BCUT2D eigenvalue weighted by molar-refractivity contribution is 0.0326. The van der Waals surface area contributed by atoms with Crippen LogP contribution in [-0.4, -0.2) is 29.3 Å². The van der Waals surface area contributed by atoms with Crippen LogP contribution in [-0.2, 0) is 0 Å². The van der Waals surface area contributed by atoms with Gasteiger partial charge in [0.2, 0.25) is 0 Å². The number of methoxy groups -OCH3 is 1. The summed E-state index contributed by atoms with van der Waals surface area (Å²) in [5.41, 5.74) is 0.407. The van der Waals surface area contributed by atoms with Crippen molar-refractivity contribution in [3.8, 4) is 5.75 Å². The van der Waals surface area contributed by atoms with Crippen LogP contribution in [0.2, 0.25) is 5.02 Å². The quantitative estimate of drug-likeness (QED) is 0.804. The van der Waals surface area contributed by atoms with Crippen molar-refractivity contribution in [1.29, 1.82) is 0 Å². The van der Waals surface area contributed by atoms with E-state index in [2.05, 4.69) is 0 Å². The van der Waals surface area contributed by atoms with E-state index in [-0.39, 0.29) is 5.88 Å². The first kappa shape index (κ1) is 12.6. The second-order valence-electron chi connectivity index (χ2n) is 3.05. The van der Waals surface area contributed by atoms with Gasteiger partial charge in [-0.05, 0) is 18.2 Å². The molecule has 0 amide bonds. The number of hydrogen-bond acceptors (Lipinski definition) is 3. The van der Waals surface area contributed by atoms with Crippen molar-refractivity contribution in [3.63, 3.8) is 0 Å². The van der Waals surface area contributed by atoms with Crippen LogP contribution in [0, 0.1) is 0 Å². The van der Waals surface area contributed by atoms with Gasteiger partial charge in [0, 0.05) is 10.6 Å². The third kappa shape index (κ3) is 2.98. The van der Waals surface area contributed by atoms with Crippen molar-refractivity contribution in [2.24, 2.45) is 0 Å². The molecule has 0 aliphatic rings. The molecule has 0 saturated carbocycles. The highest BCUT2D eigenvalue weighted by molar-refractivity contribution is 6.31. The van der Waals surface area contributed by atoms with E-state index in [1.54, 1.807) is 18.2 Å². The number of alkyl halides is 1. The molecule has 1 rings (SSSR count). The fourth-order valence-corrected chi connectivity index (χ4v) is 1.57. The summed E-state index contributed by atoms with van der Waals surface area (Å²) in [7, 11) is 1.51. The smallest absolute Gasteiger partial charge is 0.119 e. The molecule has 0 aliphatic heterocycles. The number of halogens is 2. The zero-order valence-corrected chi connectivity index (χ0v) is 9.66. The lowest BCUT2D eigenvalue weighted by Gasteiger charge is -2.17. The number of ether oxygens (including phenoxy) is 1. The number of hydrogen-bond donors (Lipinski definition) is 2. The molecular weight excluding hydrogens is 239 g/mol. The fourth-order valence-electron chi connectivity index (χ4n) is 1.17. The average molecular weight is 251 g/mol. The minimum Gasteiger partial charge on any atom is -0.497 e. The molecule has 5 heteroatoms. The Bertz CT molecular complexity index is 330. The van der Waals surface area contributed by atoms with E-state index in [0.717, 1.165) is 0 Å². The predicted octanol–water partition coefficient (Wildman–Crippen LogP) is 1.98. The van der Waals surface area contributed by atoms with Crippen molar-refractivity contribution in [3.05, 3.63) is 28.8 Å². The Morgan fingerprint density at radius 2 is 2.07 bits per heavy atom. The van der Waals surface area contributed by atoms with Crippen molar-refractivity contribution in [2.75, 3.05) is 13.0 Å². The van der Waals surface area contributed by atoms with Crippen molar-refractivity contribution in [1.82, 2.24) is 0 Å². The minimum absolute atomic E-state index is 0.0608. The van der Waals surface area contributed by atoms with Crippen LogP contribution in [0.1, 0.15) is 11.7 Å². The van der Waals surface area contributed by atoms with Gasteiger partial charge in [-0.15, -0.1) is 11.6 Å². The summed E-state index contributed by atoms with van der Waals surface area (Å²) in [6.45, 7) is 0. The molecule has 0 fully saturated rings. The number of rotatable bonds is 4. The van der Waals surface area contributed by atoms with E-state index < -0.39 is 12.2 Å². The lowest BCUT2D eigenvalue weighted by atomic mass is 10.1. The maximum absolute atomic E-state index is 9.72. The van der Waals surface area contributed by atoms with Crippen LogP contribution < -0.4 is 4.74 Å². The van der Waals surface area contributed by atoms with Crippen LogP contribution in [0.4, 0.5) is 0 Å². The van der Waals surface area contributed by atoms with E-state index in [0.29, 0.717) is 16.3 Å². The molecular formula is C10H12Cl2O3. The SMILES string of the molecule is COc1ccc(Cl)c(C(O)C(O)CCl)c1. The first-order valence-corrected chi connectivity index (χ1v) is 5.27. The van der Waals surface area contributed by atoms with Gasteiger partial charge in [0.15, 0.2) is 0 Å². The number of benzene rings is 1. The second-order valence-corrected chi connectivity index (χ2v) is 3.77. The molecule has 15 heavy (non-hydrogen) atoms. The van der Waals surface area contributed by atoms with E-state index in [9.17, 15) is 10.2 Å². The third-order valence-electron chi connectivity index (χ3n) is 2.04. The normalized spacial score (nSPS) is 14.7. The molecule has 0 spiro atoms. The maximum atomic E-state index is 9.72. The van der Waals surface area contributed by atoms with Gasteiger partial charge in [0.1, 0.15) is 11.9 Å². The van der Waals surface area contributed by atoms with E-state index >= 15 is 0 Å². The first-order chi connectivity index (χ1) is 7.10. The standard InChI is InChI=1S/C10H12Cl2O3/c1-15-6-2-3-8(12)7(4-6)10(14)9(13)5-11/h2-4,9-10,13-14H,5H2,1H3. The van der Waals surface area contributed by atoms with Gasteiger partial charge < -0.3 is 14.9 Å². The Kier molecular flexibility index (Phi) is 4.67. The summed E-state index contributed by atoms with van der Waals surface area (Å²) in [4.78, 5) is 0. The van der Waals surface area contributed by atoms with Crippen LogP contribution in [0.25, 0.3) is 0 Å². The number of aliphatic hydroxyl groups excluding tert-OH is 2. The monoisotopic (exact) mass is 250 g/mol. The summed E-state index contributed by atoms with van der Waals surface area (Å²) in [5.74, 6) is 0.504. The minimum atomic E-state index is -1.11. The molecule has 2 N–H and O–H groups in total. The summed E-state index contributed by atoms with van der Waals surface area (Å²) in [6.07, 6.45) is -2.15. The van der Waals surface area contributed by atoms with Gasteiger partial charge in [-0.25, -0.2) is 0 Å². The van der Waals surface area contributed by atoms with Gasteiger partial charge >= 0.3 is 0 Å². The highest BCUT2D eigenvalue weighted by Crippen LogP contribution is 2.29. The molecule has 0 radical (unpaired) electrons. The van der Waals surface area contributed by atoms with Crippen molar-refractivity contribution in [2.45, 2.75) is 12.2 Å². The first-order valence-electron chi connectivity index (χ1n) is 4.35. The third-order valence-corrected chi connectivity index (χ3v) is 2.70. The topological polar surface area (TPSA) is 49.7 Å². The van der Waals surface area contributed by atoms with Crippen molar-refractivity contribution < 1.29 is 14.9 Å². The Morgan fingerprint density at radius 3 is 2.60 bits per heavy atom. The Balaban J connectivity index is 3.01. The Morgan fingerprint density at radius 1 is 1.40 bits per heavy atom. The zero-order valence-electron chi connectivity index (χ0n) is 8.15. The van der Waals surface area contributed by atoms with E-state index in [4.69, 9.17) is 27.9 Å². The summed E-state index contributed by atoms with van der Waals surface area (Å²) in [5, 5.41) is 19.5. The zero-order chi connectivity index (χ0) is 11.4. The second kappa shape index (κ2) is 5.56. The molecule has 0 saturated heterocycles. The lowest BCUT2D eigenvalue weighted by Crippen LogP contribution is -2.20. The molecule has 2 atom stereocenters. The highest BCUT2D eigenvalue weighted by atomic mass is 35.5. The maximum Gasteiger partial charge on any atom is 0.119 e. The molecule has 0 bridgehead atoms. The molecule has 0 aliphatic carbocycles. The van der Waals surface area contributed by atoms with Crippen LogP contribution >= 0.6 is 23.2 Å². The van der Waals surface area contributed by atoms with Gasteiger partial charge in [-0.3, -0.25) is 0 Å². The molecule has 0 aromatic heterocycles. The van der Waals surface area contributed by atoms with Crippen molar-refractivity contribution >= 4 is 23.2 Å². The Labute approximate surface area is 98.2 Å². The van der Waals surface area contributed by atoms with Gasteiger partial charge in [0.25, 0.3) is 0 Å². The Hall–Kier alpha value is -0.480. The molecule has 84 valence electrons. The molecule has 1 aromatic rings. The predicted molar refractivity (Wildman–Crippen MR) is 59.7 cm³/mol. The van der Waals surface area contributed by atoms with E-state index in [1.165, 1.54) is 7.11 Å². The molecule has 1 aromatic carbocycles. The van der Waals surface area contributed by atoms with Gasteiger partial charge in [-0.1, -0.05) is 11.6 Å². The highest BCUT2D eigenvalue weighted by Gasteiger charge is 2.20. The van der Waals surface area contributed by atoms with E-state index in [1.807, 2.05) is 0 Å². The number of aliphatic hydroxyl groups is 2. The average Bonchev–Trinajstić information content (AvgIpc) is 2.27. The fraction of sp³-hybridized carbons (Fsp3) is 0.400. The summed E-state index contributed by atoms with van der Waals surface area (Å²) in [6, 6.07) is 4.84. The van der Waals surface area contributed by atoms with Crippen LogP contribution in [0.15, 0.2) is 18.2 Å². The molecule has 0 heterocycles. The molecule has 3 nitrogen and oxygen atoms in total. The van der Waals surface area contributed by atoms with Gasteiger partial charge in [-0.2, -0.15) is 0 Å². The molecule has 2 unspecified atom stereocenters.